The Hall–Kier alpha value is -1.66. The van der Waals surface area contributed by atoms with Crippen molar-refractivity contribution < 1.29 is 0 Å². The van der Waals surface area contributed by atoms with E-state index in [9.17, 15) is 0 Å². The number of nitrogens with zero attached hydrogens (tertiary/aromatic N) is 2. The fourth-order valence-corrected chi connectivity index (χ4v) is 2.30. The molecule has 0 aliphatic carbocycles. The predicted octanol–water partition coefficient (Wildman–Crippen LogP) is 3.06. The molecule has 2 rings (SSSR count). The van der Waals surface area contributed by atoms with Crippen LogP contribution in [0.2, 0.25) is 0 Å². The minimum atomic E-state index is 0.518. The van der Waals surface area contributed by atoms with E-state index in [1.54, 1.807) is 6.21 Å². The Morgan fingerprint density at radius 2 is 2.25 bits per heavy atom. The molecule has 20 heavy (non-hydrogen) atoms. The highest BCUT2D eigenvalue weighted by molar-refractivity contribution is 9.10. The van der Waals surface area contributed by atoms with Crippen LogP contribution in [0.25, 0.3) is 5.69 Å². The van der Waals surface area contributed by atoms with E-state index in [1.807, 2.05) is 54.1 Å². The van der Waals surface area contributed by atoms with Gasteiger partial charge in [0, 0.05) is 22.9 Å². The molecule has 0 aliphatic rings. The second-order valence-corrected chi connectivity index (χ2v) is 5.34. The van der Waals surface area contributed by atoms with Gasteiger partial charge >= 0.3 is 0 Å². The highest BCUT2D eigenvalue weighted by Gasteiger charge is 2.01. The van der Waals surface area contributed by atoms with Gasteiger partial charge in [0.25, 0.3) is 0 Å². The van der Waals surface area contributed by atoms with Crippen molar-refractivity contribution in [2.24, 2.45) is 5.10 Å². The van der Waals surface area contributed by atoms with Gasteiger partial charge in [-0.2, -0.15) is 5.10 Å². The van der Waals surface area contributed by atoms with Crippen molar-refractivity contribution in [3.8, 4) is 5.69 Å². The summed E-state index contributed by atoms with van der Waals surface area (Å²) in [5, 5.41) is 7.62. The molecule has 0 amide bonds. The number of thiocarbonyl (C=S) groups is 1. The maximum absolute atomic E-state index is 5.04. The van der Waals surface area contributed by atoms with Crippen LogP contribution in [0.15, 0.2) is 52.2 Å². The monoisotopic (exact) mass is 350 g/mol. The van der Waals surface area contributed by atoms with Crippen LogP contribution in [0.3, 0.4) is 0 Å². The van der Waals surface area contributed by atoms with Crippen LogP contribution < -0.4 is 10.7 Å². The summed E-state index contributed by atoms with van der Waals surface area (Å²) in [6.07, 6.45) is 3.73. The normalized spacial score (nSPS) is 10.7. The maximum atomic E-state index is 5.04. The van der Waals surface area contributed by atoms with Crippen LogP contribution in [-0.4, -0.2) is 22.4 Å². The zero-order valence-corrected chi connectivity index (χ0v) is 13.4. The third kappa shape index (κ3) is 3.91. The van der Waals surface area contributed by atoms with Crippen LogP contribution in [-0.2, 0) is 0 Å². The van der Waals surface area contributed by atoms with Crippen molar-refractivity contribution in [2.75, 3.05) is 6.54 Å². The zero-order chi connectivity index (χ0) is 14.4. The Kier molecular flexibility index (Phi) is 5.31. The summed E-state index contributed by atoms with van der Waals surface area (Å²) in [5.74, 6) is 0. The maximum Gasteiger partial charge on any atom is 0.186 e. The summed E-state index contributed by atoms with van der Waals surface area (Å²) in [7, 11) is 0. The number of hydrogen-bond acceptors (Lipinski definition) is 2. The smallest absolute Gasteiger partial charge is 0.186 e. The first-order valence-corrected chi connectivity index (χ1v) is 7.41. The topological polar surface area (TPSA) is 41.4 Å². The minimum absolute atomic E-state index is 0.518. The Morgan fingerprint density at radius 1 is 1.40 bits per heavy atom. The first-order chi connectivity index (χ1) is 9.70. The van der Waals surface area contributed by atoms with Crippen molar-refractivity contribution in [3.63, 3.8) is 0 Å². The largest absolute Gasteiger partial charge is 0.362 e. The van der Waals surface area contributed by atoms with Crippen LogP contribution in [0.4, 0.5) is 0 Å². The van der Waals surface area contributed by atoms with Gasteiger partial charge in [-0.15, -0.1) is 0 Å². The third-order valence-electron chi connectivity index (χ3n) is 2.57. The zero-order valence-electron chi connectivity index (χ0n) is 11.0. The van der Waals surface area contributed by atoms with Gasteiger partial charge in [-0.1, -0.05) is 22.0 Å². The number of benzene rings is 1. The second kappa shape index (κ2) is 7.21. The van der Waals surface area contributed by atoms with Crippen LogP contribution >= 0.6 is 28.1 Å². The molecular weight excluding hydrogens is 336 g/mol. The number of hydrazone groups is 1. The molecule has 0 atom stereocenters. The first-order valence-electron chi connectivity index (χ1n) is 6.21. The Balaban J connectivity index is 2.13. The molecule has 2 N–H and O–H groups in total. The number of halogens is 1. The molecule has 0 spiro atoms. The lowest BCUT2D eigenvalue weighted by molar-refractivity contribution is 0.902. The molecule has 0 aliphatic heterocycles. The fraction of sp³-hybridized carbons (Fsp3) is 0.143. The molecule has 4 nitrogen and oxygen atoms in total. The highest BCUT2D eigenvalue weighted by atomic mass is 79.9. The molecule has 0 fully saturated rings. The molecule has 0 saturated carbocycles. The molecule has 1 heterocycles. The Labute approximate surface area is 132 Å². The summed E-state index contributed by atoms with van der Waals surface area (Å²) < 4.78 is 3.09. The number of hydrogen-bond donors (Lipinski definition) is 2. The van der Waals surface area contributed by atoms with Crippen molar-refractivity contribution in [2.45, 2.75) is 6.92 Å². The van der Waals surface area contributed by atoms with Gasteiger partial charge in [0.15, 0.2) is 5.11 Å². The van der Waals surface area contributed by atoms with Crippen molar-refractivity contribution in [1.29, 1.82) is 0 Å². The lowest BCUT2D eigenvalue weighted by Crippen LogP contribution is -2.31. The fourth-order valence-electron chi connectivity index (χ4n) is 1.72. The molecule has 1 aromatic heterocycles. The number of aromatic nitrogens is 1. The van der Waals surface area contributed by atoms with E-state index in [0.717, 1.165) is 22.4 Å². The lowest BCUT2D eigenvalue weighted by atomic mass is 10.3. The molecule has 0 unspecified atom stereocenters. The van der Waals surface area contributed by atoms with E-state index < -0.39 is 0 Å². The van der Waals surface area contributed by atoms with Gasteiger partial charge < -0.3 is 9.88 Å². The Morgan fingerprint density at radius 3 is 3.00 bits per heavy atom. The van der Waals surface area contributed by atoms with Crippen LogP contribution in [0.1, 0.15) is 12.6 Å². The molecule has 0 radical (unpaired) electrons. The molecule has 1 aromatic carbocycles. The highest BCUT2D eigenvalue weighted by Crippen LogP contribution is 2.17. The van der Waals surface area contributed by atoms with Crippen molar-refractivity contribution in [1.82, 2.24) is 15.3 Å². The van der Waals surface area contributed by atoms with Gasteiger partial charge in [0.05, 0.1) is 11.9 Å². The summed E-state index contributed by atoms with van der Waals surface area (Å²) in [6.45, 7) is 2.76. The van der Waals surface area contributed by atoms with Gasteiger partial charge in [-0.3, -0.25) is 5.43 Å². The SMILES string of the molecule is CCNC(=S)NN=Cc1cccn1-c1cccc(Br)c1. The summed E-state index contributed by atoms with van der Waals surface area (Å²) >= 11 is 8.52. The van der Waals surface area contributed by atoms with Gasteiger partial charge in [-0.25, -0.2) is 0 Å². The van der Waals surface area contributed by atoms with Crippen molar-refractivity contribution >= 4 is 39.5 Å². The quantitative estimate of drug-likeness (QED) is 0.505. The average molecular weight is 351 g/mol. The molecular formula is C14H15BrN4S. The van der Waals surface area contributed by atoms with E-state index in [0.29, 0.717) is 5.11 Å². The second-order valence-electron chi connectivity index (χ2n) is 4.01. The van der Waals surface area contributed by atoms with Crippen LogP contribution in [0, 0.1) is 0 Å². The van der Waals surface area contributed by atoms with Crippen molar-refractivity contribution in [3.05, 3.63) is 52.8 Å². The number of nitrogens with one attached hydrogen (secondary N) is 2. The molecule has 0 bridgehead atoms. The number of rotatable bonds is 4. The van der Waals surface area contributed by atoms with E-state index in [-0.39, 0.29) is 0 Å². The van der Waals surface area contributed by atoms with Crippen LogP contribution in [0.5, 0.6) is 0 Å². The minimum Gasteiger partial charge on any atom is -0.362 e. The van der Waals surface area contributed by atoms with Gasteiger partial charge in [0.1, 0.15) is 0 Å². The predicted molar refractivity (Wildman–Crippen MR) is 90.5 cm³/mol. The van der Waals surface area contributed by atoms with E-state index in [2.05, 4.69) is 31.8 Å². The van der Waals surface area contributed by atoms with E-state index in [1.165, 1.54) is 0 Å². The summed E-state index contributed by atoms with van der Waals surface area (Å²) in [5.41, 5.74) is 4.82. The van der Waals surface area contributed by atoms with E-state index in [4.69, 9.17) is 12.2 Å². The summed E-state index contributed by atoms with van der Waals surface area (Å²) in [4.78, 5) is 0. The lowest BCUT2D eigenvalue weighted by Gasteiger charge is -2.07. The Bertz CT molecular complexity index is 621. The first kappa shape index (κ1) is 14.7. The molecule has 6 heteroatoms. The molecule has 104 valence electrons. The van der Waals surface area contributed by atoms with Gasteiger partial charge in [0.2, 0.25) is 0 Å². The molecule has 2 aromatic rings. The average Bonchev–Trinajstić information content (AvgIpc) is 2.87. The molecule has 0 saturated heterocycles. The van der Waals surface area contributed by atoms with Gasteiger partial charge in [-0.05, 0) is 49.5 Å². The summed E-state index contributed by atoms with van der Waals surface area (Å²) in [6, 6.07) is 12.1. The standard InChI is InChI=1S/C14H15BrN4S/c1-2-16-14(20)18-17-10-13-7-4-8-19(13)12-6-3-5-11(15)9-12/h3-10H,2H2,1H3,(H2,16,18,20). The van der Waals surface area contributed by atoms with E-state index >= 15 is 0 Å². The third-order valence-corrected chi connectivity index (χ3v) is 3.30.